The highest BCUT2D eigenvalue weighted by Crippen LogP contribution is 2.22. The molecule has 0 aliphatic rings. The molecule has 0 aliphatic carbocycles. The summed E-state index contributed by atoms with van der Waals surface area (Å²) < 4.78 is 11.5. The number of nitrogens with zero attached hydrogens (tertiary/aromatic N) is 1. The first kappa shape index (κ1) is 16.4. The molecule has 0 amide bonds. The van der Waals surface area contributed by atoms with Gasteiger partial charge in [0, 0.05) is 6.07 Å². The van der Waals surface area contributed by atoms with Gasteiger partial charge in [-0.2, -0.15) is 4.99 Å². The predicted molar refractivity (Wildman–Crippen MR) is 88.6 cm³/mol. The average molecular weight is 307 g/mol. The third-order valence-electron chi connectivity index (χ3n) is 3.22. The molecule has 0 saturated heterocycles. The highest BCUT2D eigenvalue weighted by atomic mass is 16.7. The summed E-state index contributed by atoms with van der Waals surface area (Å²) in [5.41, 5.74) is 2.79. The molecule has 116 valence electrons. The van der Waals surface area contributed by atoms with Gasteiger partial charge in [-0.3, -0.25) is 0 Å². The molecule has 0 aliphatic heterocycles. The highest BCUT2D eigenvalue weighted by molar-refractivity contribution is 5.51. The zero-order chi connectivity index (χ0) is 16.7. The van der Waals surface area contributed by atoms with Gasteiger partial charge in [0.15, 0.2) is 0 Å². The summed E-state index contributed by atoms with van der Waals surface area (Å²) in [4.78, 5) is 13.9. The molecule has 4 heteroatoms. The molecule has 2 aromatic carbocycles. The Morgan fingerprint density at radius 3 is 2.39 bits per heavy atom. The summed E-state index contributed by atoms with van der Waals surface area (Å²) in [5.74, 6) is 6.85. The molecule has 0 radical (unpaired) electrons. The van der Waals surface area contributed by atoms with E-state index < -0.39 is 6.29 Å². The van der Waals surface area contributed by atoms with E-state index >= 15 is 0 Å². The molecule has 0 saturated carbocycles. The first-order valence-corrected chi connectivity index (χ1v) is 7.13. The fraction of sp³-hybridized carbons (Fsp3) is 0.211. The van der Waals surface area contributed by atoms with E-state index in [1.165, 1.54) is 11.6 Å². The van der Waals surface area contributed by atoms with Crippen LogP contribution in [0.5, 0.6) is 11.5 Å². The predicted octanol–water partition coefficient (Wildman–Crippen LogP) is 4.08. The van der Waals surface area contributed by atoms with Crippen LogP contribution in [0.2, 0.25) is 0 Å². The van der Waals surface area contributed by atoms with Crippen molar-refractivity contribution in [3.8, 4) is 23.3 Å². The monoisotopic (exact) mass is 307 g/mol. The second-order valence-electron chi connectivity index (χ2n) is 4.91. The summed E-state index contributed by atoms with van der Waals surface area (Å²) in [6.45, 7) is 5.77. The van der Waals surface area contributed by atoms with E-state index in [2.05, 4.69) is 16.8 Å². The maximum atomic E-state index is 10.3. The lowest BCUT2D eigenvalue weighted by Gasteiger charge is -2.16. The molecule has 2 rings (SSSR count). The van der Waals surface area contributed by atoms with Gasteiger partial charge < -0.3 is 9.47 Å². The van der Waals surface area contributed by atoms with E-state index in [0.29, 0.717) is 17.2 Å². The van der Waals surface area contributed by atoms with Crippen molar-refractivity contribution in [2.24, 2.45) is 4.99 Å². The third kappa shape index (κ3) is 4.74. The van der Waals surface area contributed by atoms with Crippen molar-refractivity contribution in [3.63, 3.8) is 0 Å². The van der Waals surface area contributed by atoms with E-state index in [9.17, 15) is 4.79 Å². The summed E-state index contributed by atoms with van der Waals surface area (Å²) in [7, 11) is 0. The van der Waals surface area contributed by atoms with Crippen LogP contribution in [0, 0.1) is 25.7 Å². The number of aryl methyl sites for hydroxylation is 2. The SMILES string of the molecule is CC#CC(Oc1cccc(N=C=O)c1)Oc1ccc(C)c(C)c1. The third-order valence-corrected chi connectivity index (χ3v) is 3.22. The summed E-state index contributed by atoms with van der Waals surface area (Å²) in [6, 6.07) is 12.6. The maximum Gasteiger partial charge on any atom is 0.306 e. The van der Waals surface area contributed by atoms with Gasteiger partial charge in [-0.25, -0.2) is 4.79 Å². The summed E-state index contributed by atoms with van der Waals surface area (Å²) >= 11 is 0. The van der Waals surface area contributed by atoms with E-state index in [1.54, 1.807) is 31.2 Å². The number of ether oxygens (including phenoxy) is 2. The fourth-order valence-corrected chi connectivity index (χ4v) is 1.91. The van der Waals surface area contributed by atoms with Crippen LogP contribution in [0.3, 0.4) is 0 Å². The fourth-order valence-electron chi connectivity index (χ4n) is 1.91. The zero-order valence-electron chi connectivity index (χ0n) is 13.3. The molecule has 0 fully saturated rings. The second kappa shape index (κ2) is 7.84. The molecule has 2 aromatic rings. The van der Waals surface area contributed by atoms with Gasteiger partial charge in [0.1, 0.15) is 11.5 Å². The Morgan fingerprint density at radius 2 is 1.74 bits per heavy atom. The van der Waals surface area contributed by atoms with Crippen molar-refractivity contribution >= 4 is 11.8 Å². The minimum Gasteiger partial charge on any atom is -0.444 e. The van der Waals surface area contributed by atoms with Crippen LogP contribution >= 0.6 is 0 Å². The van der Waals surface area contributed by atoms with Gasteiger partial charge in [0.2, 0.25) is 6.08 Å². The van der Waals surface area contributed by atoms with E-state index in [0.717, 1.165) is 5.56 Å². The lowest BCUT2D eigenvalue weighted by molar-refractivity contribution is 0.0555. The lowest BCUT2D eigenvalue weighted by Crippen LogP contribution is -2.22. The first-order valence-electron chi connectivity index (χ1n) is 7.13. The van der Waals surface area contributed by atoms with E-state index in [-0.39, 0.29) is 0 Å². The maximum absolute atomic E-state index is 10.3. The van der Waals surface area contributed by atoms with Gasteiger partial charge in [-0.1, -0.05) is 18.1 Å². The number of carbonyl (C=O) groups excluding carboxylic acids is 1. The Kier molecular flexibility index (Phi) is 5.57. The largest absolute Gasteiger partial charge is 0.444 e. The number of benzene rings is 2. The van der Waals surface area contributed by atoms with Crippen LogP contribution in [0.15, 0.2) is 47.5 Å². The molecular weight excluding hydrogens is 290 g/mol. The van der Waals surface area contributed by atoms with Crippen molar-refractivity contribution in [2.45, 2.75) is 27.1 Å². The van der Waals surface area contributed by atoms with Gasteiger partial charge in [-0.05, 0) is 62.1 Å². The van der Waals surface area contributed by atoms with Gasteiger partial charge in [-0.15, -0.1) is 0 Å². The minimum atomic E-state index is -0.752. The molecule has 1 atom stereocenters. The Bertz CT molecular complexity index is 796. The van der Waals surface area contributed by atoms with Gasteiger partial charge >= 0.3 is 6.29 Å². The Balaban J connectivity index is 2.17. The number of hydrogen-bond acceptors (Lipinski definition) is 4. The quantitative estimate of drug-likeness (QED) is 0.362. The smallest absolute Gasteiger partial charge is 0.306 e. The van der Waals surface area contributed by atoms with Crippen molar-refractivity contribution in [1.29, 1.82) is 0 Å². The number of hydrogen-bond donors (Lipinski definition) is 0. The average Bonchev–Trinajstić information content (AvgIpc) is 2.52. The van der Waals surface area contributed by atoms with E-state index in [1.807, 2.05) is 32.0 Å². The minimum absolute atomic E-state index is 0.465. The standard InChI is InChI=1S/C19H17NO3/c1-4-6-19(23-18-10-9-14(2)15(3)11-18)22-17-8-5-7-16(12-17)20-13-21/h5,7-12,19H,1-3H3. The Morgan fingerprint density at radius 1 is 1.00 bits per heavy atom. The van der Waals surface area contributed by atoms with E-state index in [4.69, 9.17) is 9.47 Å². The first-order chi connectivity index (χ1) is 11.1. The molecule has 0 N–H and O–H groups in total. The van der Waals surface area contributed by atoms with Crippen LogP contribution in [-0.2, 0) is 4.79 Å². The Labute approximate surface area is 135 Å². The Hall–Kier alpha value is -3.02. The molecule has 1 unspecified atom stereocenters. The molecule has 0 aromatic heterocycles. The molecule has 0 spiro atoms. The number of isocyanates is 1. The second-order valence-corrected chi connectivity index (χ2v) is 4.91. The molecular formula is C19H17NO3. The molecule has 0 bridgehead atoms. The topological polar surface area (TPSA) is 47.9 Å². The van der Waals surface area contributed by atoms with Crippen molar-refractivity contribution in [3.05, 3.63) is 53.6 Å². The normalized spacial score (nSPS) is 10.7. The molecule has 23 heavy (non-hydrogen) atoms. The van der Waals surface area contributed by atoms with Crippen LogP contribution in [0.25, 0.3) is 0 Å². The van der Waals surface area contributed by atoms with Crippen LogP contribution in [0.4, 0.5) is 5.69 Å². The lowest BCUT2D eigenvalue weighted by atomic mass is 10.1. The zero-order valence-corrected chi connectivity index (χ0v) is 13.3. The summed E-state index contributed by atoms with van der Waals surface area (Å²) in [6.07, 6.45) is 0.749. The number of rotatable bonds is 5. The summed E-state index contributed by atoms with van der Waals surface area (Å²) in [5, 5.41) is 0. The molecule has 4 nitrogen and oxygen atoms in total. The molecule has 0 heterocycles. The van der Waals surface area contributed by atoms with Crippen LogP contribution < -0.4 is 9.47 Å². The van der Waals surface area contributed by atoms with Crippen LogP contribution in [-0.4, -0.2) is 12.4 Å². The van der Waals surface area contributed by atoms with Gasteiger partial charge in [0.05, 0.1) is 5.69 Å². The highest BCUT2D eigenvalue weighted by Gasteiger charge is 2.10. The van der Waals surface area contributed by atoms with Gasteiger partial charge in [0.25, 0.3) is 0 Å². The van der Waals surface area contributed by atoms with Crippen LogP contribution in [0.1, 0.15) is 18.1 Å². The van der Waals surface area contributed by atoms with Crippen molar-refractivity contribution < 1.29 is 14.3 Å². The van der Waals surface area contributed by atoms with Crippen molar-refractivity contribution in [1.82, 2.24) is 0 Å². The number of aliphatic imine (C=N–C) groups is 1. The van der Waals surface area contributed by atoms with Crippen molar-refractivity contribution in [2.75, 3.05) is 0 Å².